The van der Waals surface area contributed by atoms with Crippen LogP contribution >= 0.6 is 46.7 Å². The second kappa shape index (κ2) is 11.5. The van der Waals surface area contributed by atoms with E-state index in [1.807, 2.05) is 31.4 Å². The molecule has 28 heavy (non-hydrogen) atoms. The molecule has 0 saturated carbocycles. The van der Waals surface area contributed by atoms with E-state index in [1.54, 1.807) is 19.1 Å². The van der Waals surface area contributed by atoms with E-state index in [4.69, 9.17) is 0 Å². The Bertz CT molecular complexity index is 849. The number of aryl methyl sites for hydroxylation is 1. The number of nitrogens with one attached hydrogen (secondary N) is 3. The molecule has 2 rings (SSSR count). The minimum Gasteiger partial charge on any atom is -0.383 e. The first-order valence-electron chi connectivity index (χ1n) is 8.59. The van der Waals surface area contributed by atoms with Crippen LogP contribution in [0.3, 0.4) is 0 Å². The average Bonchev–Trinajstić information content (AvgIpc) is 3.28. The average molecular weight is 559 g/mol. The van der Waals surface area contributed by atoms with Gasteiger partial charge >= 0.3 is 0 Å². The molecule has 2 heterocycles. The Balaban J connectivity index is 0.00000392. The normalized spacial score (nSPS) is 14.2. The molecule has 4 N–H and O–H groups in total. The van der Waals surface area contributed by atoms with Crippen molar-refractivity contribution in [3.05, 3.63) is 39.4 Å². The lowest BCUT2D eigenvalue weighted by Gasteiger charge is -2.20. The van der Waals surface area contributed by atoms with Crippen LogP contribution in [-0.2, 0) is 15.6 Å². The molecule has 0 amide bonds. The van der Waals surface area contributed by atoms with Crippen LogP contribution in [-0.4, -0.2) is 45.7 Å². The number of hydrogen-bond acceptors (Lipinski definition) is 6. The summed E-state index contributed by atoms with van der Waals surface area (Å²) in [5.41, 5.74) is -1.05. The van der Waals surface area contributed by atoms with E-state index in [2.05, 4.69) is 20.3 Å². The Hall–Kier alpha value is -0.730. The van der Waals surface area contributed by atoms with Gasteiger partial charge in [0.1, 0.15) is 9.81 Å². The van der Waals surface area contributed by atoms with Gasteiger partial charge in [-0.2, -0.15) is 0 Å². The van der Waals surface area contributed by atoms with Crippen molar-refractivity contribution in [2.75, 3.05) is 26.2 Å². The lowest BCUT2D eigenvalue weighted by Crippen LogP contribution is -2.42. The van der Waals surface area contributed by atoms with Crippen molar-refractivity contribution in [2.45, 2.75) is 30.6 Å². The van der Waals surface area contributed by atoms with Gasteiger partial charge in [0.15, 0.2) is 5.96 Å². The van der Waals surface area contributed by atoms with Gasteiger partial charge in [-0.15, -0.1) is 46.7 Å². The SMILES string of the molecule is CCNC(=NCC(C)(O)c1cccs1)NCCNS(=O)(=O)c1ccc(C)s1.I. The van der Waals surface area contributed by atoms with Crippen LogP contribution in [0.2, 0.25) is 0 Å². The highest BCUT2D eigenvalue weighted by Crippen LogP contribution is 2.25. The summed E-state index contributed by atoms with van der Waals surface area (Å²) in [6.07, 6.45) is 0. The second-order valence-electron chi connectivity index (χ2n) is 6.14. The summed E-state index contributed by atoms with van der Waals surface area (Å²) in [4.78, 5) is 6.21. The molecule has 0 aliphatic carbocycles. The van der Waals surface area contributed by atoms with E-state index in [1.165, 1.54) is 22.7 Å². The zero-order valence-corrected chi connectivity index (χ0v) is 20.8. The number of rotatable bonds is 9. The summed E-state index contributed by atoms with van der Waals surface area (Å²) in [6, 6.07) is 7.16. The van der Waals surface area contributed by atoms with Crippen molar-refractivity contribution >= 4 is 62.6 Å². The number of guanidine groups is 1. The van der Waals surface area contributed by atoms with E-state index < -0.39 is 15.6 Å². The van der Waals surface area contributed by atoms with Crippen LogP contribution in [0.5, 0.6) is 0 Å². The van der Waals surface area contributed by atoms with Crippen LogP contribution in [0.15, 0.2) is 38.8 Å². The zero-order valence-electron chi connectivity index (χ0n) is 16.1. The minimum atomic E-state index is -3.49. The van der Waals surface area contributed by atoms with Gasteiger partial charge in [-0.05, 0) is 44.4 Å². The first-order valence-corrected chi connectivity index (χ1v) is 11.8. The smallest absolute Gasteiger partial charge is 0.250 e. The van der Waals surface area contributed by atoms with Gasteiger partial charge in [-0.25, -0.2) is 18.1 Å². The highest BCUT2D eigenvalue weighted by molar-refractivity contribution is 14.0. The molecule has 1 unspecified atom stereocenters. The fourth-order valence-electron chi connectivity index (χ4n) is 2.23. The molecular weight excluding hydrogens is 531 g/mol. The Morgan fingerprint density at radius 1 is 1.25 bits per heavy atom. The van der Waals surface area contributed by atoms with E-state index in [-0.39, 0.29) is 37.1 Å². The molecule has 2 aromatic heterocycles. The highest BCUT2D eigenvalue weighted by Gasteiger charge is 2.24. The van der Waals surface area contributed by atoms with Crippen LogP contribution in [0.25, 0.3) is 0 Å². The first-order chi connectivity index (χ1) is 12.7. The topological polar surface area (TPSA) is 103 Å². The third kappa shape index (κ3) is 7.59. The lowest BCUT2D eigenvalue weighted by atomic mass is 10.1. The molecule has 0 radical (unpaired) electrons. The molecule has 11 heteroatoms. The van der Waals surface area contributed by atoms with E-state index >= 15 is 0 Å². The zero-order chi connectivity index (χ0) is 19.9. The summed E-state index contributed by atoms with van der Waals surface area (Å²) >= 11 is 2.73. The number of hydrogen-bond donors (Lipinski definition) is 4. The van der Waals surface area contributed by atoms with Gasteiger partial charge in [0, 0.05) is 29.4 Å². The van der Waals surface area contributed by atoms with Crippen molar-refractivity contribution in [1.82, 2.24) is 15.4 Å². The Labute approximate surface area is 191 Å². The molecule has 0 fully saturated rings. The van der Waals surface area contributed by atoms with Crippen LogP contribution < -0.4 is 15.4 Å². The van der Waals surface area contributed by atoms with Gasteiger partial charge in [-0.3, -0.25) is 0 Å². The monoisotopic (exact) mass is 558 g/mol. The molecule has 0 bridgehead atoms. The number of nitrogens with zero attached hydrogens (tertiary/aromatic N) is 1. The summed E-state index contributed by atoms with van der Waals surface area (Å²) in [5, 5.41) is 18.6. The molecule has 0 aromatic carbocycles. The fraction of sp³-hybridized carbons (Fsp3) is 0.471. The number of aliphatic imine (C=N–C) groups is 1. The van der Waals surface area contributed by atoms with Crippen LogP contribution in [0.1, 0.15) is 23.6 Å². The number of sulfonamides is 1. The number of aliphatic hydroxyl groups is 1. The number of thiophene rings is 2. The molecule has 2 aromatic rings. The predicted octanol–water partition coefficient (Wildman–Crippen LogP) is 2.48. The fourth-order valence-corrected chi connectivity index (χ4v) is 5.37. The molecule has 0 saturated heterocycles. The maximum atomic E-state index is 12.2. The van der Waals surface area contributed by atoms with Crippen molar-refractivity contribution in [3.8, 4) is 0 Å². The summed E-state index contributed by atoms with van der Waals surface area (Å²) in [5.74, 6) is 0.528. The van der Waals surface area contributed by atoms with Gasteiger partial charge in [0.05, 0.1) is 6.54 Å². The first kappa shape index (κ1) is 25.3. The summed E-state index contributed by atoms with van der Waals surface area (Å²) in [6.45, 7) is 6.99. The minimum absolute atomic E-state index is 0. The predicted molar refractivity (Wildman–Crippen MR) is 128 cm³/mol. The molecule has 7 nitrogen and oxygen atoms in total. The molecule has 0 aliphatic rings. The molecule has 0 spiro atoms. The lowest BCUT2D eigenvalue weighted by molar-refractivity contribution is 0.0711. The number of halogens is 1. The second-order valence-corrected chi connectivity index (χ2v) is 10.4. The third-order valence-electron chi connectivity index (χ3n) is 3.63. The third-order valence-corrected chi connectivity index (χ3v) is 7.71. The largest absolute Gasteiger partial charge is 0.383 e. The molecule has 1 atom stereocenters. The van der Waals surface area contributed by atoms with Crippen LogP contribution in [0.4, 0.5) is 0 Å². The Morgan fingerprint density at radius 3 is 2.57 bits per heavy atom. The molecule has 158 valence electrons. The van der Waals surface area contributed by atoms with E-state index in [0.717, 1.165) is 9.75 Å². The standard InChI is InChI=1S/C17H26N4O3S3.HI/c1-4-18-16(20-12-17(3,22)14-6-5-11-25-14)19-9-10-21-27(23,24)15-8-7-13(2)26-15;/h5-8,11,21-22H,4,9-10,12H2,1-3H3,(H2,18,19,20);1H. The highest BCUT2D eigenvalue weighted by atomic mass is 127. The van der Waals surface area contributed by atoms with E-state index in [9.17, 15) is 13.5 Å². The van der Waals surface area contributed by atoms with Crippen molar-refractivity contribution in [2.24, 2.45) is 4.99 Å². The van der Waals surface area contributed by atoms with Crippen molar-refractivity contribution in [1.29, 1.82) is 0 Å². The van der Waals surface area contributed by atoms with Gasteiger partial charge in [0.2, 0.25) is 10.0 Å². The Kier molecular flexibility index (Phi) is 10.4. The summed E-state index contributed by atoms with van der Waals surface area (Å²) < 4.78 is 27.3. The van der Waals surface area contributed by atoms with Crippen LogP contribution in [0, 0.1) is 6.92 Å². The maximum Gasteiger partial charge on any atom is 0.250 e. The van der Waals surface area contributed by atoms with Crippen molar-refractivity contribution in [3.63, 3.8) is 0 Å². The van der Waals surface area contributed by atoms with Gasteiger partial charge in [-0.1, -0.05) is 6.07 Å². The van der Waals surface area contributed by atoms with Gasteiger partial charge < -0.3 is 15.7 Å². The Morgan fingerprint density at radius 2 is 2.00 bits per heavy atom. The maximum absolute atomic E-state index is 12.2. The molecular formula is C17H27IN4O3S3. The van der Waals surface area contributed by atoms with Gasteiger partial charge in [0.25, 0.3) is 0 Å². The van der Waals surface area contributed by atoms with E-state index in [0.29, 0.717) is 23.3 Å². The molecule has 0 aliphatic heterocycles. The summed E-state index contributed by atoms with van der Waals surface area (Å²) in [7, 11) is -3.49. The van der Waals surface area contributed by atoms with Crippen molar-refractivity contribution < 1.29 is 13.5 Å². The quantitative estimate of drug-likeness (QED) is 0.164.